The molecule has 1 unspecified atom stereocenters. The average Bonchev–Trinajstić information content (AvgIpc) is 3.14. The second-order valence-corrected chi connectivity index (χ2v) is 10.8. The molecule has 3 rings (SSSR count). The van der Waals surface area contributed by atoms with E-state index in [1.54, 1.807) is 19.0 Å². The molecule has 1 aromatic heterocycles. The predicted octanol–water partition coefficient (Wildman–Crippen LogP) is 3.14. The topological polar surface area (TPSA) is 92.1 Å². The van der Waals surface area contributed by atoms with Crippen molar-refractivity contribution in [3.05, 3.63) is 33.2 Å². The molecule has 32 heavy (non-hydrogen) atoms. The number of halogens is 1. The summed E-state index contributed by atoms with van der Waals surface area (Å²) in [6, 6.07) is 1.22. The van der Waals surface area contributed by atoms with Crippen molar-refractivity contribution in [2.45, 2.75) is 70.6 Å². The van der Waals surface area contributed by atoms with Crippen LogP contribution in [0.2, 0.25) is 5.02 Å². The minimum Gasteiger partial charge on any atom is -0.444 e. The van der Waals surface area contributed by atoms with Crippen molar-refractivity contribution in [2.75, 3.05) is 27.2 Å². The number of carbonyl (C=O) groups excluding carboxylic acids is 2. The molecule has 1 saturated carbocycles. The first-order valence-electron chi connectivity index (χ1n) is 11.1. The SMILES string of the molecule is CN(C)C(=O)c1cn(CC2(O)CCN(C(=O)OC(C)(C)C)CC23CCCC3)c(=O)cc1Cl. The van der Waals surface area contributed by atoms with E-state index >= 15 is 0 Å². The molecule has 1 spiro atoms. The standard InChI is InChI=1S/C23H34ClN3O5/c1-21(2,3)32-20(30)26-11-10-23(31,22(14-26)8-6-7-9-22)15-27-13-16(19(29)25(4)5)17(24)12-18(27)28/h12-13,31H,6-11,14-15H2,1-5H3. The maximum absolute atomic E-state index is 12.7. The Bertz CT molecular complexity index is 946. The van der Waals surface area contributed by atoms with Gasteiger partial charge in [-0.2, -0.15) is 0 Å². The lowest BCUT2D eigenvalue weighted by molar-refractivity contribution is -0.140. The van der Waals surface area contributed by atoms with Crippen molar-refractivity contribution < 1.29 is 19.4 Å². The Balaban J connectivity index is 1.91. The fourth-order valence-electron chi connectivity index (χ4n) is 4.93. The summed E-state index contributed by atoms with van der Waals surface area (Å²) in [5.41, 5.74) is -2.49. The highest BCUT2D eigenvalue weighted by atomic mass is 35.5. The smallest absolute Gasteiger partial charge is 0.410 e. The fourth-order valence-corrected chi connectivity index (χ4v) is 5.16. The first-order valence-corrected chi connectivity index (χ1v) is 11.5. The van der Waals surface area contributed by atoms with Crippen molar-refractivity contribution in [1.82, 2.24) is 14.4 Å². The quantitative estimate of drug-likeness (QED) is 0.737. The molecular weight excluding hydrogens is 434 g/mol. The van der Waals surface area contributed by atoms with Crippen LogP contribution in [0.25, 0.3) is 0 Å². The van der Waals surface area contributed by atoms with Crippen LogP contribution in [0, 0.1) is 5.41 Å². The zero-order valence-electron chi connectivity index (χ0n) is 19.6. The van der Waals surface area contributed by atoms with Crippen LogP contribution < -0.4 is 5.56 Å². The lowest BCUT2D eigenvalue weighted by Crippen LogP contribution is -2.62. The normalized spacial score (nSPS) is 22.8. The molecule has 1 aliphatic heterocycles. The van der Waals surface area contributed by atoms with Gasteiger partial charge < -0.3 is 24.2 Å². The van der Waals surface area contributed by atoms with E-state index in [-0.39, 0.29) is 34.7 Å². The molecular formula is C23H34ClN3O5. The van der Waals surface area contributed by atoms with Gasteiger partial charge in [0.1, 0.15) is 5.60 Å². The van der Waals surface area contributed by atoms with E-state index in [0.29, 0.717) is 19.5 Å². The highest BCUT2D eigenvalue weighted by molar-refractivity contribution is 6.33. The Morgan fingerprint density at radius 1 is 1.22 bits per heavy atom. The maximum Gasteiger partial charge on any atom is 0.410 e. The van der Waals surface area contributed by atoms with Gasteiger partial charge in [0, 0.05) is 44.9 Å². The zero-order chi connectivity index (χ0) is 23.9. The number of pyridine rings is 1. The monoisotopic (exact) mass is 467 g/mol. The molecule has 1 N–H and O–H groups in total. The first-order chi connectivity index (χ1) is 14.8. The van der Waals surface area contributed by atoms with Gasteiger partial charge in [-0.15, -0.1) is 0 Å². The maximum atomic E-state index is 12.7. The number of hydrogen-bond acceptors (Lipinski definition) is 5. The molecule has 9 heteroatoms. The zero-order valence-corrected chi connectivity index (χ0v) is 20.4. The van der Waals surface area contributed by atoms with E-state index in [4.69, 9.17) is 16.3 Å². The number of aliphatic hydroxyl groups is 1. The number of rotatable bonds is 3. The molecule has 2 amide bonds. The Morgan fingerprint density at radius 2 is 1.84 bits per heavy atom. The molecule has 0 bridgehead atoms. The summed E-state index contributed by atoms with van der Waals surface area (Å²) in [5, 5.41) is 12.0. The summed E-state index contributed by atoms with van der Waals surface area (Å²) in [6.07, 6.45) is 4.79. The fraction of sp³-hybridized carbons (Fsp3) is 0.696. The number of aromatic nitrogens is 1. The van der Waals surface area contributed by atoms with Gasteiger partial charge >= 0.3 is 6.09 Å². The summed E-state index contributed by atoms with van der Waals surface area (Å²) in [5.74, 6) is -0.314. The highest BCUT2D eigenvalue weighted by Crippen LogP contribution is 2.51. The van der Waals surface area contributed by atoms with Crippen LogP contribution in [0.4, 0.5) is 4.79 Å². The minimum absolute atomic E-state index is 0.0405. The lowest BCUT2D eigenvalue weighted by Gasteiger charge is -2.52. The van der Waals surface area contributed by atoms with Crippen LogP contribution in [0.15, 0.2) is 17.1 Å². The lowest BCUT2D eigenvalue weighted by atomic mass is 9.66. The van der Waals surface area contributed by atoms with Crippen LogP contribution in [0.3, 0.4) is 0 Å². The molecule has 178 valence electrons. The molecule has 0 radical (unpaired) electrons. The third kappa shape index (κ3) is 4.81. The average molecular weight is 468 g/mol. The van der Waals surface area contributed by atoms with Crippen molar-refractivity contribution >= 4 is 23.6 Å². The number of ether oxygens (including phenoxy) is 1. The van der Waals surface area contributed by atoms with Crippen molar-refractivity contribution in [1.29, 1.82) is 0 Å². The Morgan fingerprint density at radius 3 is 2.41 bits per heavy atom. The second-order valence-electron chi connectivity index (χ2n) is 10.4. The summed E-state index contributed by atoms with van der Waals surface area (Å²) in [6.45, 7) is 6.24. The second kappa shape index (κ2) is 8.71. The first kappa shape index (κ1) is 24.6. The van der Waals surface area contributed by atoms with Crippen LogP contribution in [-0.4, -0.2) is 69.9 Å². The van der Waals surface area contributed by atoms with E-state index in [9.17, 15) is 19.5 Å². The van der Waals surface area contributed by atoms with Gasteiger partial charge in [0.05, 0.1) is 22.7 Å². The number of likely N-dealkylation sites (tertiary alicyclic amines) is 1. The number of nitrogens with zero attached hydrogens (tertiary/aromatic N) is 3. The third-order valence-electron chi connectivity index (χ3n) is 6.63. The number of amides is 2. The summed E-state index contributed by atoms with van der Waals surface area (Å²) in [7, 11) is 3.23. The van der Waals surface area contributed by atoms with Crippen LogP contribution >= 0.6 is 11.6 Å². The molecule has 1 aromatic rings. The van der Waals surface area contributed by atoms with Gasteiger partial charge in [0.25, 0.3) is 11.5 Å². The van der Waals surface area contributed by atoms with Gasteiger partial charge in [-0.1, -0.05) is 24.4 Å². The van der Waals surface area contributed by atoms with Gasteiger partial charge in [-0.25, -0.2) is 4.79 Å². The molecule has 1 aliphatic carbocycles. The predicted molar refractivity (Wildman–Crippen MR) is 122 cm³/mol. The number of piperidine rings is 1. The van der Waals surface area contributed by atoms with E-state index < -0.39 is 16.6 Å². The van der Waals surface area contributed by atoms with E-state index in [0.717, 1.165) is 25.7 Å². The molecule has 1 atom stereocenters. The van der Waals surface area contributed by atoms with Crippen molar-refractivity contribution in [3.63, 3.8) is 0 Å². The Labute approximate surface area is 194 Å². The Kier molecular flexibility index (Phi) is 6.69. The largest absolute Gasteiger partial charge is 0.444 e. The highest BCUT2D eigenvalue weighted by Gasteiger charge is 2.56. The minimum atomic E-state index is -1.20. The van der Waals surface area contributed by atoms with Gasteiger partial charge in [0.2, 0.25) is 0 Å². The molecule has 0 aromatic carbocycles. The van der Waals surface area contributed by atoms with Gasteiger partial charge in [-0.3, -0.25) is 9.59 Å². The van der Waals surface area contributed by atoms with E-state index in [1.165, 1.54) is 21.7 Å². The van der Waals surface area contributed by atoms with Gasteiger partial charge in [0.15, 0.2) is 0 Å². The third-order valence-corrected chi connectivity index (χ3v) is 6.95. The summed E-state index contributed by atoms with van der Waals surface area (Å²) < 4.78 is 6.94. The molecule has 2 fully saturated rings. The van der Waals surface area contributed by atoms with Crippen molar-refractivity contribution in [2.24, 2.45) is 5.41 Å². The van der Waals surface area contributed by atoms with E-state index in [1.807, 2.05) is 20.8 Å². The molecule has 1 saturated heterocycles. The molecule has 8 nitrogen and oxygen atoms in total. The van der Waals surface area contributed by atoms with Crippen LogP contribution in [0.1, 0.15) is 63.2 Å². The summed E-state index contributed by atoms with van der Waals surface area (Å²) in [4.78, 5) is 41.0. The Hall–Kier alpha value is -2.06. The summed E-state index contributed by atoms with van der Waals surface area (Å²) >= 11 is 6.16. The molecule has 2 heterocycles. The van der Waals surface area contributed by atoms with Crippen LogP contribution in [-0.2, 0) is 11.3 Å². The van der Waals surface area contributed by atoms with Gasteiger partial charge in [-0.05, 0) is 40.0 Å². The molecule has 2 aliphatic rings. The van der Waals surface area contributed by atoms with E-state index in [2.05, 4.69) is 0 Å². The van der Waals surface area contributed by atoms with Crippen LogP contribution in [0.5, 0.6) is 0 Å². The number of hydrogen-bond donors (Lipinski definition) is 1. The van der Waals surface area contributed by atoms with Crippen molar-refractivity contribution in [3.8, 4) is 0 Å². The number of carbonyl (C=O) groups is 2.